The van der Waals surface area contributed by atoms with Crippen LogP contribution in [0.5, 0.6) is 0 Å². The number of hydrogen-bond donors (Lipinski definition) is 0. The highest BCUT2D eigenvalue weighted by atomic mass is 14.9. The predicted octanol–water partition coefficient (Wildman–Crippen LogP) is 1.90. The minimum absolute atomic E-state index is 1.43. The van der Waals surface area contributed by atoms with Crippen molar-refractivity contribution < 1.29 is 0 Å². The summed E-state index contributed by atoms with van der Waals surface area (Å²) in [5.41, 5.74) is 0. The molecule has 0 fully saturated rings. The van der Waals surface area contributed by atoms with E-state index in [1.807, 2.05) is 36.5 Å². The Kier molecular flexibility index (Phi) is 3.85. The molecule has 2 aromatic rings. The first-order valence-corrected chi connectivity index (χ1v) is 3.81. The molecule has 0 aliphatic rings. The Morgan fingerprint density at radius 2 is 1.54 bits per heavy atom. The smallest absolute Gasteiger partial charge is 0.188 e. The molecular weight excluding hydrogens is 162 g/mol. The average Bonchev–Trinajstić information content (AvgIpc) is 2.74. The number of rotatable bonds is 0. The fourth-order valence-corrected chi connectivity index (χ4v) is 0.714. The molecule has 0 radical (unpaired) electrons. The lowest BCUT2D eigenvalue weighted by molar-refractivity contribution is 1.10. The molecule has 0 aliphatic heterocycles. The van der Waals surface area contributed by atoms with Gasteiger partial charge in [-0.1, -0.05) is 6.07 Å². The Labute approximate surface area is 76.9 Å². The van der Waals surface area contributed by atoms with E-state index in [2.05, 4.69) is 4.98 Å². The molecule has 0 atom stereocenters. The number of hydrogen-bond acceptors (Lipinski definition) is 2. The van der Waals surface area contributed by atoms with Crippen LogP contribution in [0.2, 0.25) is 0 Å². The van der Waals surface area contributed by atoms with E-state index >= 15 is 0 Å². The maximum Gasteiger partial charge on any atom is 0.188 e. The van der Waals surface area contributed by atoms with Crippen molar-refractivity contribution in [3.05, 3.63) is 55.1 Å². The maximum atomic E-state index is 8.14. The van der Waals surface area contributed by atoms with E-state index in [0.29, 0.717) is 0 Å². The molecule has 0 aliphatic carbocycles. The quantitative estimate of drug-likeness (QED) is 0.607. The van der Waals surface area contributed by atoms with Gasteiger partial charge in [0.2, 0.25) is 0 Å². The molecule has 0 aromatic carbocycles. The molecule has 2 aromatic heterocycles. The van der Waals surface area contributed by atoms with Crippen LogP contribution in [-0.2, 0) is 0 Å². The summed E-state index contributed by atoms with van der Waals surface area (Å²) < 4.78 is 1.43. The van der Waals surface area contributed by atoms with E-state index in [1.165, 1.54) is 4.57 Å². The van der Waals surface area contributed by atoms with Gasteiger partial charge >= 0.3 is 0 Å². The lowest BCUT2D eigenvalue weighted by Gasteiger charge is -1.74. The van der Waals surface area contributed by atoms with E-state index in [9.17, 15) is 0 Å². The second-order valence-corrected chi connectivity index (χ2v) is 2.21. The molecule has 0 amide bonds. The van der Waals surface area contributed by atoms with Gasteiger partial charge < -0.3 is 0 Å². The zero-order chi connectivity index (χ0) is 9.36. The first-order valence-electron chi connectivity index (χ1n) is 3.81. The Morgan fingerprint density at radius 3 is 1.77 bits per heavy atom. The van der Waals surface area contributed by atoms with Crippen molar-refractivity contribution in [2.24, 2.45) is 0 Å². The predicted molar refractivity (Wildman–Crippen MR) is 49.7 cm³/mol. The van der Waals surface area contributed by atoms with E-state index in [4.69, 9.17) is 5.26 Å². The molecule has 2 rings (SSSR count). The number of nitrogens with zero attached hydrogens (tertiary/aromatic N) is 3. The van der Waals surface area contributed by atoms with Gasteiger partial charge in [0, 0.05) is 24.8 Å². The number of nitriles is 1. The average molecular weight is 171 g/mol. The van der Waals surface area contributed by atoms with E-state index in [0.717, 1.165) is 0 Å². The summed E-state index contributed by atoms with van der Waals surface area (Å²) in [6.07, 6.45) is 8.81. The monoisotopic (exact) mass is 171 g/mol. The minimum atomic E-state index is 1.43. The summed E-state index contributed by atoms with van der Waals surface area (Å²) in [4.78, 5) is 3.78. The fraction of sp³-hybridized carbons (Fsp3) is 0. The molecule has 3 nitrogen and oxygen atoms in total. The highest BCUT2D eigenvalue weighted by Gasteiger charge is 1.75. The van der Waals surface area contributed by atoms with Gasteiger partial charge in [-0.25, -0.2) is 0 Å². The minimum Gasteiger partial charge on any atom is -0.265 e. The topological polar surface area (TPSA) is 41.6 Å². The molecule has 0 bridgehead atoms. The van der Waals surface area contributed by atoms with Gasteiger partial charge in [-0.05, 0) is 24.3 Å². The molecule has 2 heterocycles. The molecule has 0 saturated heterocycles. The number of pyridine rings is 1. The third kappa shape index (κ3) is 3.73. The van der Waals surface area contributed by atoms with E-state index in [-0.39, 0.29) is 0 Å². The Hall–Kier alpha value is -2.08. The van der Waals surface area contributed by atoms with Gasteiger partial charge in [0.15, 0.2) is 6.19 Å². The molecule has 0 unspecified atom stereocenters. The summed E-state index contributed by atoms with van der Waals surface area (Å²) in [6, 6.07) is 9.33. The Bertz CT molecular complexity index is 319. The normalized spacial score (nSPS) is 7.92. The third-order valence-electron chi connectivity index (χ3n) is 1.29. The standard InChI is InChI=1S/C5H4N2.C5H5N/c6-5-7-3-1-2-4-7;1-2-4-6-5-3-1/h1-4H;1-5H. The number of aromatic nitrogens is 2. The van der Waals surface area contributed by atoms with Gasteiger partial charge in [-0.15, -0.1) is 0 Å². The summed E-state index contributed by atoms with van der Waals surface area (Å²) in [5.74, 6) is 0. The molecule has 13 heavy (non-hydrogen) atoms. The van der Waals surface area contributed by atoms with Crippen LogP contribution in [-0.4, -0.2) is 9.55 Å². The van der Waals surface area contributed by atoms with Crippen molar-refractivity contribution in [2.75, 3.05) is 0 Å². The van der Waals surface area contributed by atoms with Crippen molar-refractivity contribution in [1.82, 2.24) is 9.55 Å². The van der Waals surface area contributed by atoms with Crippen LogP contribution >= 0.6 is 0 Å². The van der Waals surface area contributed by atoms with Crippen LogP contribution in [0.15, 0.2) is 55.1 Å². The van der Waals surface area contributed by atoms with E-state index < -0.39 is 0 Å². The summed E-state index contributed by atoms with van der Waals surface area (Å²) in [6.45, 7) is 0. The lowest BCUT2D eigenvalue weighted by Crippen LogP contribution is -1.76. The van der Waals surface area contributed by atoms with Crippen LogP contribution < -0.4 is 0 Å². The van der Waals surface area contributed by atoms with Gasteiger partial charge in [-0.2, -0.15) is 5.26 Å². The summed E-state index contributed by atoms with van der Waals surface area (Å²) in [5, 5.41) is 8.14. The molecule has 0 saturated carbocycles. The van der Waals surface area contributed by atoms with Crippen molar-refractivity contribution in [1.29, 1.82) is 5.26 Å². The largest absolute Gasteiger partial charge is 0.265 e. The highest BCUT2D eigenvalue weighted by Crippen LogP contribution is 1.82. The van der Waals surface area contributed by atoms with Gasteiger partial charge in [0.25, 0.3) is 0 Å². The molecule has 3 heteroatoms. The Balaban J connectivity index is 0.000000132. The second kappa shape index (κ2) is 5.56. The van der Waals surface area contributed by atoms with Crippen LogP contribution in [0.3, 0.4) is 0 Å². The van der Waals surface area contributed by atoms with E-state index in [1.54, 1.807) is 24.8 Å². The van der Waals surface area contributed by atoms with Crippen molar-refractivity contribution in [3.8, 4) is 6.19 Å². The van der Waals surface area contributed by atoms with Gasteiger partial charge in [0.1, 0.15) is 0 Å². The lowest BCUT2D eigenvalue weighted by atomic mass is 10.5. The molecule has 0 N–H and O–H groups in total. The van der Waals surface area contributed by atoms with Crippen molar-refractivity contribution in [2.45, 2.75) is 0 Å². The van der Waals surface area contributed by atoms with Crippen LogP contribution in [0.25, 0.3) is 0 Å². The van der Waals surface area contributed by atoms with Crippen LogP contribution in [0.1, 0.15) is 0 Å². The first-order chi connectivity index (χ1) is 6.43. The zero-order valence-electron chi connectivity index (χ0n) is 7.04. The van der Waals surface area contributed by atoms with Crippen LogP contribution in [0.4, 0.5) is 0 Å². The summed E-state index contributed by atoms with van der Waals surface area (Å²) in [7, 11) is 0. The van der Waals surface area contributed by atoms with Gasteiger partial charge in [0.05, 0.1) is 0 Å². The molecule has 0 spiro atoms. The van der Waals surface area contributed by atoms with Crippen LogP contribution in [0, 0.1) is 11.5 Å². The SMILES string of the molecule is N#Cn1cccc1.c1ccncc1. The first kappa shape index (κ1) is 9.01. The fourth-order valence-electron chi connectivity index (χ4n) is 0.714. The Morgan fingerprint density at radius 1 is 0.923 bits per heavy atom. The second-order valence-electron chi connectivity index (χ2n) is 2.21. The third-order valence-corrected chi connectivity index (χ3v) is 1.29. The maximum absolute atomic E-state index is 8.14. The van der Waals surface area contributed by atoms with Gasteiger partial charge in [-0.3, -0.25) is 9.55 Å². The van der Waals surface area contributed by atoms with Crippen molar-refractivity contribution in [3.63, 3.8) is 0 Å². The molecule has 64 valence electrons. The van der Waals surface area contributed by atoms with Crippen molar-refractivity contribution >= 4 is 0 Å². The zero-order valence-corrected chi connectivity index (χ0v) is 7.04. The summed E-state index contributed by atoms with van der Waals surface area (Å²) >= 11 is 0. The molecular formula is C10H9N3. The highest BCUT2D eigenvalue weighted by molar-refractivity contribution is 4.96.